The predicted molar refractivity (Wildman–Crippen MR) is 65.4 cm³/mol. The molecule has 0 spiro atoms. The van der Waals surface area contributed by atoms with Gasteiger partial charge in [0, 0.05) is 32.4 Å². The van der Waals surface area contributed by atoms with Gasteiger partial charge in [-0.3, -0.25) is 4.68 Å². The van der Waals surface area contributed by atoms with Gasteiger partial charge in [-0.2, -0.15) is 5.10 Å². The molecule has 1 fully saturated rings. The first-order valence-corrected chi connectivity index (χ1v) is 6.14. The van der Waals surface area contributed by atoms with E-state index in [2.05, 4.69) is 28.6 Å². The Bertz CT molecular complexity index is 315. The molecule has 2 heterocycles. The Morgan fingerprint density at radius 1 is 1.62 bits per heavy atom. The second-order valence-electron chi connectivity index (χ2n) is 4.75. The molecule has 0 saturated carbocycles. The molecular weight excluding hydrogens is 200 g/mol. The minimum atomic E-state index is 0.713. The van der Waals surface area contributed by atoms with Crippen molar-refractivity contribution in [1.29, 1.82) is 0 Å². The Labute approximate surface area is 97.6 Å². The van der Waals surface area contributed by atoms with Gasteiger partial charge in [-0.25, -0.2) is 0 Å². The molecule has 4 nitrogen and oxygen atoms in total. The lowest BCUT2D eigenvalue weighted by molar-refractivity contribution is 0.205. The maximum absolute atomic E-state index is 4.19. The van der Waals surface area contributed by atoms with E-state index in [0.29, 0.717) is 6.04 Å². The highest BCUT2D eigenvalue weighted by Gasteiger charge is 2.17. The Morgan fingerprint density at radius 2 is 2.50 bits per heavy atom. The first kappa shape index (κ1) is 11.6. The third-order valence-electron chi connectivity index (χ3n) is 3.41. The van der Waals surface area contributed by atoms with E-state index in [4.69, 9.17) is 0 Å². The molecule has 0 bridgehead atoms. The van der Waals surface area contributed by atoms with Crippen molar-refractivity contribution in [3.63, 3.8) is 0 Å². The van der Waals surface area contributed by atoms with Crippen LogP contribution in [0.15, 0.2) is 12.4 Å². The van der Waals surface area contributed by atoms with E-state index in [-0.39, 0.29) is 0 Å². The van der Waals surface area contributed by atoms with Gasteiger partial charge in [0.05, 0.1) is 6.20 Å². The lowest BCUT2D eigenvalue weighted by Gasteiger charge is -2.31. The zero-order chi connectivity index (χ0) is 11.4. The van der Waals surface area contributed by atoms with Crippen molar-refractivity contribution in [2.45, 2.75) is 25.3 Å². The van der Waals surface area contributed by atoms with E-state index < -0.39 is 0 Å². The summed E-state index contributed by atoms with van der Waals surface area (Å²) in [7, 11) is 4.20. The van der Waals surface area contributed by atoms with E-state index in [1.165, 1.54) is 24.9 Å². The van der Waals surface area contributed by atoms with E-state index in [1.54, 1.807) is 0 Å². The van der Waals surface area contributed by atoms with Crippen molar-refractivity contribution in [3.05, 3.63) is 18.0 Å². The first-order chi connectivity index (χ1) is 7.75. The van der Waals surface area contributed by atoms with Crippen molar-refractivity contribution in [1.82, 2.24) is 20.0 Å². The quantitative estimate of drug-likeness (QED) is 0.812. The molecule has 1 aliphatic rings. The number of nitrogens with zero attached hydrogens (tertiary/aromatic N) is 3. The minimum Gasteiger partial charge on any atom is -0.315 e. The van der Waals surface area contributed by atoms with Crippen molar-refractivity contribution in [2.75, 3.05) is 26.7 Å². The summed E-state index contributed by atoms with van der Waals surface area (Å²) in [4.78, 5) is 2.47. The van der Waals surface area contributed by atoms with Gasteiger partial charge in [0.25, 0.3) is 0 Å². The van der Waals surface area contributed by atoms with Crippen LogP contribution in [0.2, 0.25) is 0 Å². The van der Waals surface area contributed by atoms with Gasteiger partial charge in [-0.15, -0.1) is 0 Å². The normalized spacial score (nSPS) is 21.6. The smallest absolute Gasteiger partial charge is 0.0522 e. The summed E-state index contributed by atoms with van der Waals surface area (Å²) >= 11 is 0. The van der Waals surface area contributed by atoms with Crippen molar-refractivity contribution >= 4 is 0 Å². The number of rotatable bonds is 4. The molecule has 4 heteroatoms. The number of likely N-dealkylation sites (N-methyl/N-ethyl adjacent to an activating group) is 1. The molecule has 1 unspecified atom stereocenters. The molecule has 0 aromatic carbocycles. The summed E-state index contributed by atoms with van der Waals surface area (Å²) in [5, 5.41) is 7.65. The largest absolute Gasteiger partial charge is 0.315 e. The Hall–Kier alpha value is -0.870. The maximum Gasteiger partial charge on any atom is 0.0522 e. The van der Waals surface area contributed by atoms with E-state index in [9.17, 15) is 0 Å². The van der Waals surface area contributed by atoms with Crippen LogP contribution in [0.4, 0.5) is 0 Å². The lowest BCUT2D eigenvalue weighted by atomic mass is 10.1. The SMILES string of the molecule is CN(CCc1cnn(C)c1)C1CCCNC1. The zero-order valence-corrected chi connectivity index (χ0v) is 10.3. The molecule has 1 aromatic rings. The summed E-state index contributed by atoms with van der Waals surface area (Å²) in [5.41, 5.74) is 1.33. The second-order valence-corrected chi connectivity index (χ2v) is 4.75. The highest BCUT2D eigenvalue weighted by molar-refractivity contribution is 5.04. The van der Waals surface area contributed by atoms with Crippen LogP contribution < -0.4 is 5.32 Å². The van der Waals surface area contributed by atoms with Crippen LogP contribution >= 0.6 is 0 Å². The number of aromatic nitrogens is 2. The number of piperidine rings is 1. The Balaban J connectivity index is 1.76. The molecule has 0 amide bonds. The Morgan fingerprint density at radius 3 is 3.12 bits per heavy atom. The molecule has 1 atom stereocenters. The number of nitrogens with one attached hydrogen (secondary N) is 1. The van der Waals surface area contributed by atoms with Gasteiger partial charge in [0.1, 0.15) is 0 Å². The summed E-state index contributed by atoms with van der Waals surface area (Å²) < 4.78 is 1.87. The monoisotopic (exact) mass is 222 g/mol. The summed E-state index contributed by atoms with van der Waals surface area (Å²) in [5.74, 6) is 0. The number of hydrogen-bond donors (Lipinski definition) is 1. The molecule has 1 aromatic heterocycles. The first-order valence-electron chi connectivity index (χ1n) is 6.14. The zero-order valence-electron chi connectivity index (χ0n) is 10.3. The van der Waals surface area contributed by atoms with Crippen LogP contribution in [0.3, 0.4) is 0 Å². The molecule has 1 aliphatic heterocycles. The lowest BCUT2D eigenvalue weighted by Crippen LogP contribution is -2.44. The molecule has 1 N–H and O–H groups in total. The van der Waals surface area contributed by atoms with E-state index in [0.717, 1.165) is 19.5 Å². The molecule has 16 heavy (non-hydrogen) atoms. The summed E-state index contributed by atoms with van der Waals surface area (Å²) in [6.45, 7) is 3.45. The number of aryl methyl sites for hydroxylation is 1. The summed E-state index contributed by atoms with van der Waals surface area (Å²) in [6.07, 6.45) is 7.80. The van der Waals surface area contributed by atoms with Crippen LogP contribution in [-0.4, -0.2) is 47.4 Å². The highest BCUT2D eigenvalue weighted by atomic mass is 15.2. The molecule has 0 radical (unpaired) electrons. The molecule has 2 rings (SSSR count). The van der Waals surface area contributed by atoms with Crippen LogP contribution in [0.5, 0.6) is 0 Å². The van der Waals surface area contributed by atoms with Crippen molar-refractivity contribution in [2.24, 2.45) is 7.05 Å². The van der Waals surface area contributed by atoms with Crippen molar-refractivity contribution in [3.8, 4) is 0 Å². The second kappa shape index (κ2) is 5.46. The van der Waals surface area contributed by atoms with Gasteiger partial charge in [0.15, 0.2) is 0 Å². The molecule has 90 valence electrons. The maximum atomic E-state index is 4.19. The third-order valence-corrected chi connectivity index (χ3v) is 3.41. The average molecular weight is 222 g/mol. The van der Waals surface area contributed by atoms with Crippen LogP contribution in [0.25, 0.3) is 0 Å². The van der Waals surface area contributed by atoms with Crippen LogP contribution in [-0.2, 0) is 13.5 Å². The van der Waals surface area contributed by atoms with Crippen LogP contribution in [0, 0.1) is 0 Å². The topological polar surface area (TPSA) is 33.1 Å². The van der Waals surface area contributed by atoms with Gasteiger partial charge in [0.2, 0.25) is 0 Å². The fraction of sp³-hybridized carbons (Fsp3) is 0.750. The van der Waals surface area contributed by atoms with Gasteiger partial charge >= 0.3 is 0 Å². The third kappa shape index (κ3) is 3.06. The fourth-order valence-electron chi connectivity index (χ4n) is 2.30. The molecule has 0 aliphatic carbocycles. The predicted octanol–water partition coefficient (Wildman–Crippen LogP) is 0.646. The van der Waals surface area contributed by atoms with Crippen LogP contribution in [0.1, 0.15) is 18.4 Å². The highest BCUT2D eigenvalue weighted by Crippen LogP contribution is 2.09. The van der Waals surface area contributed by atoms with Gasteiger partial charge in [-0.1, -0.05) is 0 Å². The Kier molecular flexibility index (Phi) is 3.96. The van der Waals surface area contributed by atoms with E-state index >= 15 is 0 Å². The van der Waals surface area contributed by atoms with E-state index in [1.807, 2.05) is 17.9 Å². The van der Waals surface area contributed by atoms with Gasteiger partial charge in [-0.05, 0) is 38.4 Å². The van der Waals surface area contributed by atoms with Crippen molar-refractivity contribution < 1.29 is 0 Å². The van der Waals surface area contributed by atoms with Gasteiger partial charge < -0.3 is 10.2 Å². The summed E-state index contributed by atoms with van der Waals surface area (Å²) in [6, 6.07) is 0.713. The fourth-order valence-corrected chi connectivity index (χ4v) is 2.30. The number of hydrogen-bond acceptors (Lipinski definition) is 3. The average Bonchev–Trinajstić information content (AvgIpc) is 2.73. The standard InChI is InChI=1S/C12H22N4/c1-15(12-4-3-6-13-9-12)7-5-11-8-14-16(2)10-11/h8,10,12-13H,3-7,9H2,1-2H3. The molecule has 1 saturated heterocycles. The minimum absolute atomic E-state index is 0.713. The molecular formula is C12H22N4.